The monoisotopic (exact) mass is 399 g/mol. The first-order chi connectivity index (χ1) is 14.0. The summed E-state index contributed by atoms with van der Waals surface area (Å²) in [5.74, 6) is -1.79. The molecular weight excluding hydrogens is 377 g/mol. The molecule has 1 aromatic heterocycles. The summed E-state index contributed by atoms with van der Waals surface area (Å²) in [6.45, 7) is 0. The van der Waals surface area contributed by atoms with Crippen LogP contribution in [0.25, 0.3) is 0 Å². The van der Waals surface area contributed by atoms with Gasteiger partial charge >= 0.3 is 0 Å². The molecule has 0 saturated heterocycles. The highest BCUT2D eigenvalue weighted by Crippen LogP contribution is 2.30. The van der Waals surface area contributed by atoms with Gasteiger partial charge in [0.15, 0.2) is 0 Å². The highest BCUT2D eigenvalue weighted by molar-refractivity contribution is 6.00. The number of H-pyrrole nitrogens is 1. The van der Waals surface area contributed by atoms with E-state index in [0.29, 0.717) is 5.69 Å². The number of hydrogen-bond donors (Lipinski definition) is 4. The molecule has 1 saturated carbocycles. The van der Waals surface area contributed by atoms with Gasteiger partial charge in [0.2, 0.25) is 17.8 Å². The summed E-state index contributed by atoms with van der Waals surface area (Å²) < 4.78 is 13.1. The van der Waals surface area contributed by atoms with Crippen molar-refractivity contribution in [1.29, 1.82) is 0 Å². The Hall–Kier alpha value is -3.23. The SMILES string of the molecule is O=C1C[C@@H](C(=O)NC2CCCCC2)c2c(nc(Nc3ccc(F)cc3)[nH]c2=O)N1. The largest absolute Gasteiger partial charge is 0.353 e. The Balaban J connectivity index is 1.58. The van der Waals surface area contributed by atoms with Crippen molar-refractivity contribution >= 4 is 29.3 Å². The first-order valence-corrected chi connectivity index (χ1v) is 9.76. The van der Waals surface area contributed by atoms with Gasteiger partial charge in [0.1, 0.15) is 11.6 Å². The van der Waals surface area contributed by atoms with Gasteiger partial charge in [-0.25, -0.2) is 4.39 Å². The first-order valence-electron chi connectivity index (χ1n) is 9.76. The van der Waals surface area contributed by atoms with Gasteiger partial charge in [0, 0.05) is 18.2 Å². The van der Waals surface area contributed by atoms with Crippen LogP contribution < -0.4 is 21.5 Å². The minimum Gasteiger partial charge on any atom is -0.353 e. The lowest BCUT2D eigenvalue weighted by molar-refractivity contribution is -0.127. The van der Waals surface area contributed by atoms with Crippen molar-refractivity contribution in [2.75, 3.05) is 10.6 Å². The fourth-order valence-corrected chi connectivity index (χ4v) is 3.87. The van der Waals surface area contributed by atoms with Crippen LogP contribution in [0, 0.1) is 5.82 Å². The van der Waals surface area contributed by atoms with E-state index in [4.69, 9.17) is 0 Å². The fraction of sp³-hybridized carbons (Fsp3) is 0.400. The highest BCUT2D eigenvalue weighted by atomic mass is 19.1. The van der Waals surface area contributed by atoms with E-state index >= 15 is 0 Å². The summed E-state index contributed by atoms with van der Waals surface area (Å²) in [4.78, 5) is 44.5. The molecule has 1 aromatic carbocycles. The van der Waals surface area contributed by atoms with Crippen LogP contribution in [0.15, 0.2) is 29.1 Å². The fourth-order valence-electron chi connectivity index (χ4n) is 3.87. The minimum absolute atomic E-state index is 0.0680. The number of amides is 2. The predicted molar refractivity (Wildman–Crippen MR) is 106 cm³/mol. The van der Waals surface area contributed by atoms with Crippen molar-refractivity contribution in [3.05, 3.63) is 46.0 Å². The number of nitrogens with one attached hydrogen (secondary N) is 4. The number of aromatic amines is 1. The zero-order valence-electron chi connectivity index (χ0n) is 15.8. The molecule has 8 nitrogen and oxygen atoms in total. The number of anilines is 3. The van der Waals surface area contributed by atoms with E-state index in [9.17, 15) is 18.8 Å². The summed E-state index contributed by atoms with van der Waals surface area (Å²) in [6, 6.07) is 5.61. The maximum atomic E-state index is 13.1. The van der Waals surface area contributed by atoms with E-state index in [1.165, 1.54) is 24.3 Å². The van der Waals surface area contributed by atoms with Crippen molar-refractivity contribution in [2.45, 2.75) is 50.5 Å². The zero-order chi connectivity index (χ0) is 20.4. The molecule has 9 heteroatoms. The van der Waals surface area contributed by atoms with Crippen LogP contribution >= 0.6 is 0 Å². The second-order valence-corrected chi connectivity index (χ2v) is 7.46. The quantitative estimate of drug-likeness (QED) is 0.631. The molecule has 2 amide bonds. The molecule has 4 N–H and O–H groups in total. The van der Waals surface area contributed by atoms with Crippen molar-refractivity contribution in [1.82, 2.24) is 15.3 Å². The van der Waals surface area contributed by atoms with Gasteiger partial charge in [-0.2, -0.15) is 4.98 Å². The predicted octanol–water partition coefficient (Wildman–Crippen LogP) is 2.53. The lowest BCUT2D eigenvalue weighted by Gasteiger charge is -2.27. The van der Waals surface area contributed by atoms with Gasteiger partial charge in [-0.3, -0.25) is 19.4 Å². The third-order valence-corrected chi connectivity index (χ3v) is 5.33. The van der Waals surface area contributed by atoms with E-state index in [0.717, 1.165) is 32.1 Å². The topological polar surface area (TPSA) is 116 Å². The van der Waals surface area contributed by atoms with Crippen LogP contribution in [0.2, 0.25) is 0 Å². The highest BCUT2D eigenvalue weighted by Gasteiger charge is 2.35. The number of nitrogens with zero attached hydrogens (tertiary/aromatic N) is 1. The van der Waals surface area contributed by atoms with Gasteiger partial charge < -0.3 is 16.0 Å². The Morgan fingerprint density at radius 1 is 1.10 bits per heavy atom. The Morgan fingerprint density at radius 2 is 1.83 bits per heavy atom. The number of aromatic nitrogens is 2. The molecule has 0 bridgehead atoms. The molecule has 1 atom stereocenters. The van der Waals surface area contributed by atoms with Crippen molar-refractivity contribution in [3.63, 3.8) is 0 Å². The molecule has 2 aromatic rings. The minimum atomic E-state index is -0.878. The number of halogens is 1. The smallest absolute Gasteiger partial charge is 0.258 e. The average molecular weight is 399 g/mol. The van der Waals surface area contributed by atoms with Gasteiger partial charge in [0.25, 0.3) is 5.56 Å². The van der Waals surface area contributed by atoms with E-state index in [1.54, 1.807) is 0 Å². The molecule has 0 spiro atoms. The maximum Gasteiger partial charge on any atom is 0.258 e. The number of benzene rings is 1. The standard InChI is InChI=1S/C20H22FN5O3/c21-11-6-8-13(9-7-11)23-20-25-17-16(19(29)26-20)14(10-15(27)24-17)18(28)22-12-4-2-1-3-5-12/h6-9,12,14H,1-5,10H2,(H,22,28)(H3,23,24,25,26,27,29)/t14-/m1/s1. The summed E-state index contributed by atoms with van der Waals surface area (Å²) in [7, 11) is 0. The van der Waals surface area contributed by atoms with Crippen molar-refractivity contribution in [3.8, 4) is 0 Å². The Bertz CT molecular complexity index is 983. The third kappa shape index (κ3) is 4.28. The number of carbonyl (C=O) groups is 2. The zero-order valence-corrected chi connectivity index (χ0v) is 15.8. The van der Waals surface area contributed by atoms with Gasteiger partial charge in [0.05, 0.1) is 11.5 Å². The lowest BCUT2D eigenvalue weighted by atomic mass is 9.90. The van der Waals surface area contributed by atoms with E-state index in [-0.39, 0.29) is 47.4 Å². The molecule has 152 valence electrons. The molecule has 0 unspecified atom stereocenters. The van der Waals surface area contributed by atoms with Crippen molar-refractivity contribution in [2.24, 2.45) is 0 Å². The summed E-state index contributed by atoms with van der Waals surface area (Å²) >= 11 is 0. The molecular formula is C20H22FN5O3. The van der Waals surface area contributed by atoms with Gasteiger partial charge in [-0.1, -0.05) is 19.3 Å². The normalized spacial score (nSPS) is 19.2. The van der Waals surface area contributed by atoms with E-state index in [2.05, 4.69) is 25.9 Å². The average Bonchev–Trinajstić information content (AvgIpc) is 2.69. The van der Waals surface area contributed by atoms with Crippen LogP contribution in [-0.4, -0.2) is 27.8 Å². The molecule has 29 heavy (non-hydrogen) atoms. The van der Waals surface area contributed by atoms with Crippen LogP contribution in [0.5, 0.6) is 0 Å². The lowest BCUT2D eigenvalue weighted by Crippen LogP contribution is -2.43. The summed E-state index contributed by atoms with van der Waals surface area (Å²) in [5, 5.41) is 8.42. The van der Waals surface area contributed by atoms with Crippen LogP contribution in [0.1, 0.15) is 50.0 Å². The molecule has 1 aliphatic carbocycles. The molecule has 2 heterocycles. The van der Waals surface area contributed by atoms with Crippen LogP contribution in [0.3, 0.4) is 0 Å². The number of carbonyl (C=O) groups excluding carboxylic acids is 2. The summed E-state index contributed by atoms with van der Waals surface area (Å²) in [6.07, 6.45) is 5.01. The molecule has 2 aliphatic rings. The van der Waals surface area contributed by atoms with Gasteiger partial charge in [-0.05, 0) is 37.1 Å². The van der Waals surface area contributed by atoms with E-state index in [1.807, 2.05) is 0 Å². The van der Waals surface area contributed by atoms with Crippen molar-refractivity contribution < 1.29 is 14.0 Å². The molecule has 0 radical (unpaired) electrons. The first kappa shape index (κ1) is 19.1. The molecule has 4 rings (SSSR count). The molecule has 1 fully saturated rings. The number of hydrogen-bond acceptors (Lipinski definition) is 5. The Morgan fingerprint density at radius 3 is 2.55 bits per heavy atom. The number of fused-ring (bicyclic) bond motifs is 1. The van der Waals surface area contributed by atoms with Crippen LogP contribution in [0.4, 0.5) is 21.8 Å². The molecule has 1 aliphatic heterocycles. The number of rotatable bonds is 4. The second kappa shape index (κ2) is 8.02. The Kier molecular flexibility index (Phi) is 5.28. The van der Waals surface area contributed by atoms with Crippen LogP contribution in [-0.2, 0) is 9.59 Å². The third-order valence-electron chi connectivity index (χ3n) is 5.33. The summed E-state index contributed by atoms with van der Waals surface area (Å²) in [5.41, 5.74) is 0.175. The Labute approximate surface area is 166 Å². The second-order valence-electron chi connectivity index (χ2n) is 7.46. The maximum absolute atomic E-state index is 13.1. The van der Waals surface area contributed by atoms with E-state index < -0.39 is 11.5 Å². The van der Waals surface area contributed by atoms with Gasteiger partial charge in [-0.15, -0.1) is 0 Å².